The molecule has 0 spiro atoms. The van der Waals surface area contributed by atoms with Crippen molar-refractivity contribution in [1.29, 1.82) is 0 Å². The molecule has 0 amide bonds. The molecule has 0 saturated heterocycles. The molecule has 0 N–H and O–H groups in total. The number of carbonyl (C=O) groups excluding carboxylic acids is 2. The second-order valence-corrected chi connectivity index (χ2v) is 8.29. The first kappa shape index (κ1) is 21.4. The molecule has 0 aromatic heterocycles. The van der Waals surface area contributed by atoms with E-state index in [1.807, 2.05) is 31.2 Å². The van der Waals surface area contributed by atoms with E-state index in [-0.39, 0.29) is 25.4 Å². The van der Waals surface area contributed by atoms with Gasteiger partial charge in [0.05, 0.1) is 25.0 Å². The van der Waals surface area contributed by atoms with Gasteiger partial charge in [0.2, 0.25) is 10.0 Å². The maximum Gasteiger partial charge on any atom is 0.309 e. The van der Waals surface area contributed by atoms with Gasteiger partial charge >= 0.3 is 5.97 Å². The number of nitrogens with zero attached hydrogens (tertiary/aromatic N) is 1. The molecule has 2 aromatic rings. The number of carbonyl (C=O) groups is 2. The summed E-state index contributed by atoms with van der Waals surface area (Å²) in [7, 11) is -1.95. The fourth-order valence-electron chi connectivity index (χ4n) is 2.24. The highest BCUT2D eigenvalue weighted by atomic mass is 32.2. The van der Waals surface area contributed by atoms with Crippen LogP contribution < -0.4 is 9.04 Å². The van der Waals surface area contributed by atoms with Gasteiger partial charge in [-0.1, -0.05) is 17.7 Å². The highest BCUT2D eigenvalue weighted by Crippen LogP contribution is 2.17. The maximum absolute atomic E-state index is 12.1. The molecule has 0 unspecified atom stereocenters. The van der Waals surface area contributed by atoms with Crippen molar-refractivity contribution in [3.63, 3.8) is 0 Å². The lowest BCUT2D eigenvalue weighted by Crippen LogP contribution is -2.24. The predicted molar refractivity (Wildman–Crippen MR) is 106 cm³/mol. The van der Waals surface area contributed by atoms with Crippen LogP contribution >= 0.6 is 0 Å². The van der Waals surface area contributed by atoms with Crippen LogP contribution in [0.4, 0.5) is 5.69 Å². The van der Waals surface area contributed by atoms with Crippen LogP contribution in [-0.2, 0) is 19.6 Å². The van der Waals surface area contributed by atoms with Crippen LogP contribution in [0, 0.1) is 6.92 Å². The Morgan fingerprint density at radius 2 is 1.61 bits per heavy atom. The largest absolute Gasteiger partial charge is 0.493 e. The first-order chi connectivity index (χ1) is 13.2. The number of rotatable bonds is 9. The number of hydrogen-bond acceptors (Lipinski definition) is 6. The Labute approximate surface area is 164 Å². The van der Waals surface area contributed by atoms with Crippen molar-refractivity contribution in [3.8, 4) is 5.75 Å². The number of aryl methyl sites for hydroxylation is 1. The van der Waals surface area contributed by atoms with Crippen LogP contribution in [0.25, 0.3) is 0 Å². The molecule has 0 aliphatic heterocycles. The molecule has 0 atom stereocenters. The van der Waals surface area contributed by atoms with E-state index in [1.54, 1.807) is 0 Å². The Morgan fingerprint density at radius 1 is 1.00 bits per heavy atom. The van der Waals surface area contributed by atoms with E-state index < -0.39 is 16.0 Å². The lowest BCUT2D eigenvalue weighted by molar-refractivity contribution is -0.143. The van der Waals surface area contributed by atoms with Gasteiger partial charge in [0, 0.05) is 12.6 Å². The first-order valence-corrected chi connectivity index (χ1v) is 10.4. The summed E-state index contributed by atoms with van der Waals surface area (Å²) in [5.41, 5.74) is 1.87. The van der Waals surface area contributed by atoms with Crippen LogP contribution in [0.5, 0.6) is 5.75 Å². The third kappa shape index (κ3) is 6.38. The zero-order valence-electron chi connectivity index (χ0n) is 16.0. The van der Waals surface area contributed by atoms with Crippen molar-refractivity contribution in [2.75, 3.05) is 30.8 Å². The third-order valence-electron chi connectivity index (χ3n) is 4.01. The Balaban J connectivity index is 1.78. The van der Waals surface area contributed by atoms with Crippen LogP contribution in [0.1, 0.15) is 22.3 Å². The lowest BCUT2D eigenvalue weighted by Gasteiger charge is -2.16. The number of benzene rings is 2. The second kappa shape index (κ2) is 9.36. The normalized spacial score (nSPS) is 11.0. The van der Waals surface area contributed by atoms with E-state index in [2.05, 4.69) is 0 Å². The second-order valence-electron chi connectivity index (χ2n) is 6.27. The van der Waals surface area contributed by atoms with Gasteiger partial charge in [0.15, 0.2) is 12.4 Å². The number of Topliss-reactive ketones (excluding diaryl/α,β-unsaturated/α-hetero) is 1. The summed E-state index contributed by atoms with van der Waals surface area (Å²) in [6.07, 6.45) is 1.12. The van der Waals surface area contributed by atoms with Gasteiger partial charge in [-0.15, -0.1) is 0 Å². The summed E-state index contributed by atoms with van der Waals surface area (Å²) in [5.74, 6) is -0.246. The summed E-state index contributed by atoms with van der Waals surface area (Å²) < 4.78 is 34.5. The number of anilines is 1. The number of esters is 1. The van der Waals surface area contributed by atoms with Crippen LogP contribution in [0.15, 0.2) is 48.5 Å². The molecule has 150 valence electrons. The number of ether oxygens (including phenoxy) is 2. The fraction of sp³-hybridized carbons (Fsp3) is 0.300. The molecule has 7 nitrogen and oxygen atoms in total. The van der Waals surface area contributed by atoms with Gasteiger partial charge < -0.3 is 9.47 Å². The minimum Gasteiger partial charge on any atom is -0.493 e. The quantitative estimate of drug-likeness (QED) is 0.471. The Morgan fingerprint density at radius 3 is 2.18 bits per heavy atom. The molecule has 0 fully saturated rings. The molecule has 2 rings (SSSR count). The summed E-state index contributed by atoms with van der Waals surface area (Å²) in [4.78, 5) is 23.9. The van der Waals surface area contributed by atoms with Crippen LogP contribution in [0.2, 0.25) is 0 Å². The van der Waals surface area contributed by atoms with Gasteiger partial charge in [-0.2, -0.15) is 0 Å². The maximum atomic E-state index is 12.1. The van der Waals surface area contributed by atoms with Crippen LogP contribution in [-0.4, -0.2) is 46.7 Å². The Kier molecular flexibility index (Phi) is 7.17. The molecule has 0 aliphatic carbocycles. The summed E-state index contributed by atoms with van der Waals surface area (Å²) >= 11 is 0. The molecule has 28 heavy (non-hydrogen) atoms. The molecule has 0 radical (unpaired) electrons. The van der Waals surface area contributed by atoms with Crippen molar-refractivity contribution in [2.24, 2.45) is 0 Å². The summed E-state index contributed by atoms with van der Waals surface area (Å²) in [6, 6.07) is 13.5. The van der Waals surface area contributed by atoms with Gasteiger partial charge in [-0.05, 0) is 43.3 Å². The topological polar surface area (TPSA) is 90.0 Å². The van der Waals surface area contributed by atoms with E-state index in [0.717, 1.165) is 16.1 Å². The SMILES string of the molecule is Cc1ccc(OCCC(=O)OCC(=O)c2ccc(N(C)S(C)(=O)=O)cc2)cc1. The van der Waals surface area contributed by atoms with Crippen molar-refractivity contribution in [2.45, 2.75) is 13.3 Å². The van der Waals surface area contributed by atoms with Gasteiger partial charge in [0.1, 0.15) is 5.75 Å². The zero-order valence-corrected chi connectivity index (χ0v) is 16.9. The first-order valence-electron chi connectivity index (χ1n) is 8.59. The lowest BCUT2D eigenvalue weighted by atomic mass is 10.1. The van der Waals surface area contributed by atoms with Gasteiger partial charge in [0.25, 0.3) is 0 Å². The molecule has 2 aromatic carbocycles. The zero-order chi connectivity index (χ0) is 20.7. The average molecular weight is 405 g/mol. The van der Waals surface area contributed by atoms with Crippen molar-refractivity contribution in [1.82, 2.24) is 0 Å². The standard InChI is InChI=1S/C20H23NO6S/c1-15-4-10-18(11-5-15)26-13-12-20(23)27-14-19(22)16-6-8-17(9-7-16)21(2)28(3,24)25/h4-11H,12-14H2,1-3H3. The molecule has 0 aliphatic rings. The van der Waals surface area contributed by atoms with Crippen molar-refractivity contribution in [3.05, 3.63) is 59.7 Å². The highest BCUT2D eigenvalue weighted by molar-refractivity contribution is 7.92. The number of ketones is 1. The van der Waals surface area contributed by atoms with E-state index in [4.69, 9.17) is 9.47 Å². The number of hydrogen-bond donors (Lipinski definition) is 0. The molecule has 0 bridgehead atoms. The molecule has 0 saturated carbocycles. The van der Waals surface area contributed by atoms with Crippen LogP contribution in [0.3, 0.4) is 0 Å². The third-order valence-corrected chi connectivity index (χ3v) is 5.22. The minimum absolute atomic E-state index is 0.0270. The molecule has 0 heterocycles. The van der Waals surface area contributed by atoms with Gasteiger partial charge in [-0.25, -0.2) is 8.42 Å². The van der Waals surface area contributed by atoms with Gasteiger partial charge in [-0.3, -0.25) is 13.9 Å². The smallest absolute Gasteiger partial charge is 0.309 e. The number of sulfonamides is 1. The fourth-order valence-corrected chi connectivity index (χ4v) is 2.74. The summed E-state index contributed by atoms with van der Waals surface area (Å²) in [6.45, 7) is 1.74. The molecule has 8 heteroatoms. The van der Waals surface area contributed by atoms with E-state index in [1.165, 1.54) is 31.3 Å². The average Bonchev–Trinajstić information content (AvgIpc) is 2.66. The van der Waals surface area contributed by atoms with E-state index in [9.17, 15) is 18.0 Å². The Hall–Kier alpha value is -2.87. The minimum atomic E-state index is -3.37. The van der Waals surface area contributed by atoms with E-state index >= 15 is 0 Å². The predicted octanol–water partition coefficient (Wildman–Crippen LogP) is 2.59. The molecular weight excluding hydrogens is 382 g/mol. The Bertz CT molecular complexity index is 920. The highest BCUT2D eigenvalue weighted by Gasteiger charge is 2.14. The summed E-state index contributed by atoms with van der Waals surface area (Å²) in [5, 5.41) is 0. The van der Waals surface area contributed by atoms with Crippen molar-refractivity contribution < 1.29 is 27.5 Å². The monoisotopic (exact) mass is 405 g/mol. The molecular formula is C20H23NO6S. The van der Waals surface area contributed by atoms with E-state index in [0.29, 0.717) is 17.0 Å². The van der Waals surface area contributed by atoms with Crippen molar-refractivity contribution >= 4 is 27.5 Å².